The predicted molar refractivity (Wildman–Crippen MR) is 74.3 cm³/mol. The Morgan fingerprint density at radius 3 is 2.47 bits per heavy atom. The minimum atomic E-state index is 0.747. The van der Waals surface area contributed by atoms with Crippen molar-refractivity contribution >= 4 is 0 Å². The van der Waals surface area contributed by atoms with Crippen molar-refractivity contribution in [2.24, 2.45) is 11.8 Å². The summed E-state index contributed by atoms with van der Waals surface area (Å²) in [7, 11) is 0. The van der Waals surface area contributed by atoms with Gasteiger partial charge in [0.1, 0.15) is 0 Å². The molecule has 100 valence electrons. The molecular weight excluding hydrogens is 208 g/mol. The summed E-state index contributed by atoms with van der Waals surface area (Å²) in [5.41, 5.74) is 0. The Morgan fingerprint density at radius 2 is 1.76 bits per heavy atom. The quantitative estimate of drug-likeness (QED) is 0.810. The van der Waals surface area contributed by atoms with Gasteiger partial charge in [0.05, 0.1) is 0 Å². The summed E-state index contributed by atoms with van der Waals surface area (Å²) in [6, 6.07) is 0.747. The van der Waals surface area contributed by atoms with E-state index in [1.807, 2.05) is 0 Å². The molecule has 1 N–H and O–H groups in total. The fourth-order valence-corrected chi connectivity index (χ4v) is 3.44. The molecule has 0 spiro atoms. The van der Waals surface area contributed by atoms with Crippen LogP contribution in [0.4, 0.5) is 0 Å². The fourth-order valence-electron chi connectivity index (χ4n) is 3.44. The third-order valence-electron chi connectivity index (χ3n) is 4.72. The smallest absolute Gasteiger partial charge is 0.00387 e. The molecule has 2 fully saturated rings. The van der Waals surface area contributed by atoms with E-state index < -0.39 is 0 Å². The van der Waals surface area contributed by atoms with Crippen molar-refractivity contribution in [3.8, 4) is 0 Å². The molecule has 0 aromatic heterocycles. The maximum Gasteiger partial charge on any atom is 0.00387 e. The first-order chi connectivity index (χ1) is 8.25. The van der Waals surface area contributed by atoms with Crippen LogP contribution in [-0.4, -0.2) is 37.1 Å². The number of likely N-dealkylation sites (tertiary alicyclic amines) is 1. The van der Waals surface area contributed by atoms with Gasteiger partial charge in [-0.1, -0.05) is 6.42 Å². The molecule has 2 aliphatic rings. The van der Waals surface area contributed by atoms with Gasteiger partial charge in [-0.05, 0) is 77.4 Å². The van der Waals surface area contributed by atoms with Crippen molar-refractivity contribution in [1.82, 2.24) is 10.2 Å². The highest BCUT2D eigenvalue weighted by atomic mass is 15.2. The Bertz CT molecular complexity index is 209. The van der Waals surface area contributed by atoms with Crippen molar-refractivity contribution in [2.75, 3.05) is 26.2 Å². The third-order valence-corrected chi connectivity index (χ3v) is 4.72. The molecule has 0 aliphatic carbocycles. The van der Waals surface area contributed by atoms with Gasteiger partial charge in [0.25, 0.3) is 0 Å². The number of hydrogen-bond donors (Lipinski definition) is 1. The highest BCUT2D eigenvalue weighted by molar-refractivity contribution is 4.77. The molecule has 0 bridgehead atoms. The molecule has 0 radical (unpaired) electrons. The standard InChI is InChI=1S/C15H30N2/c1-13(2)17-11-3-4-15(12-17)6-5-14-7-9-16-10-8-14/h13-16H,3-12H2,1-2H3. The van der Waals surface area contributed by atoms with Gasteiger partial charge in [-0.25, -0.2) is 0 Å². The van der Waals surface area contributed by atoms with Gasteiger partial charge >= 0.3 is 0 Å². The summed E-state index contributed by atoms with van der Waals surface area (Å²) in [5, 5.41) is 3.47. The lowest BCUT2D eigenvalue weighted by Gasteiger charge is -2.36. The van der Waals surface area contributed by atoms with Gasteiger partial charge in [-0.2, -0.15) is 0 Å². The number of nitrogens with zero attached hydrogens (tertiary/aromatic N) is 1. The van der Waals surface area contributed by atoms with E-state index in [0.29, 0.717) is 0 Å². The monoisotopic (exact) mass is 238 g/mol. The van der Waals surface area contributed by atoms with Crippen molar-refractivity contribution in [2.45, 2.75) is 58.4 Å². The molecule has 2 rings (SSSR count). The Kier molecular flexibility index (Phi) is 5.30. The zero-order valence-corrected chi connectivity index (χ0v) is 11.8. The third kappa shape index (κ3) is 4.26. The lowest BCUT2D eigenvalue weighted by Crippen LogP contribution is -2.40. The molecule has 1 atom stereocenters. The number of nitrogens with one attached hydrogen (secondary N) is 1. The van der Waals surface area contributed by atoms with E-state index in [1.54, 1.807) is 0 Å². The van der Waals surface area contributed by atoms with Gasteiger partial charge < -0.3 is 10.2 Å². The highest BCUT2D eigenvalue weighted by Gasteiger charge is 2.22. The van der Waals surface area contributed by atoms with Crippen molar-refractivity contribution < 1.29 is 0 Å². The molecule has 1 unspecified atom stereocenters. The summed E-state index contributed by atoms with van der Waals surface area (Å²) in [6.07, 6.45) is 8.71. The van der Waals surface area contributed by atoms with Crippen LogP contribution in [0.15, 0.2) is 0 Å². The largest absolute Gasteiger partial charge is 0.317 e. The lowest BCUT2D eigenvalue weighted by molar-refractivity contribution is 0.129. The zero-order chi connectivity index (χ0) is 12.1. The van der Waals surface area contributed by atoms with E-state index in [4.69, 9.17) is 0 Å². The lowest BCUT2D eigenvalue weighted by atomic mass is 9.86. The highest BCUT2D eigenvalue weighted by Crippen LogP contribution is 2.26. The molecule has 2 nitrogen and oxygen atoms in total. The Balaban J connectivity index is 1.67. The minimum absolute atomic E-state index is 0.747. The minimum Gasteiger partial charge on any atom is -0.317 e. The second kappa shape index (κ2) is 6.75. The first kappa shape index (κ1) is 13.4. The molecule has 17 heavy (non-hydrogen) atoms. The first-order valence-electron chi connectivity index (χ1n) is 7.70. The molecule has 0 amide bonds. The number of hydrogen-bond acceptors (Lipinski definition) is 2. The summed E-state index contributed by atoms with van der Waals surface area (Å²) in [6.45, 7) is 9.90. The van der Waals surface area contributed by atoms with Gasteiger partial charge in [0, 0.05) is 12.6 Å². The van der Waals surface area contributed by atoms with E-state index in [-0.39, 0.29) is 0 Å². The van der Waals surface area contributed by atoms with Crippen LogP contribution in [0.2, 0.25) is 0 Å². The molecule has 2 heteroatoms. The Labute approximate surface area is 107 Å². The van der Waals surface area contributed by atoms with Gasteiger partial charge in [0.15, 0.2) is 0 Å². The van der Waals surface area contributed by atoms with E-state index in [1.165, 1.54) is 64.7 Å². The second-order valence-corrected chi connectivity index (χ2v) is 6.37. The average Bonchev–Trinajstić information content (AvgIpc) is 2.38. The Hall–Kier alpha value is -0.0800. The topological polar surface area (TPSA) is 15.3 Å². The van der Waals surface area contributed by atoms with Gasteiger partial charge in [-0.15, -0.1) is 0 Å². The van der Waals surface area contributed by atoms with Crippen LogP contribution in [0.5, 0.6) is 0 Å². The van der Waals surface area contributed by atoms with Gasteiger partial charge in [0.2, 0.25) is 0 Å². The summed E-state index contributed by atoms with van der Waals surface area (Å²) >= 11 is 0. The second-order valence-electron chi connectivity index (χ2n) is 6.37. The fraction of sp³-hybridized carbons (Fsp3) is 1.00. The van der Waals surface area contributed by atoms with Crippen LogP contribution in [0.1, 0.15) is 52.4 Å². The van der Waals surface area contributed by atoms with Crippen LogP contribution in [0, 0.1) is 11.8 Å². The summed E-state index contributed by atoms with van der Waals surface area (Å²) in [4.78, 5) is 2.68. The molecule has 2 heterocycles. The normalized spacial score (nSPS) is 28.8. The van der Waals surface area contributed by atoms with Crippen LogP contribution in [-0.2, 0) is 0 Å². The maximum atomic E-state index is 3.47. The SMILES string of the molecule is CC(C)N1CCCC(CCC2CCNCC2)C1. The van der Waals surface area contributed by atoms with Crippen molar-refractivity contribution in [1.29, 1.82) is 0 Å². The van der Waals surface area contributed by atoms with Crippen LogP contribution >= 0.6 is 0 Å². The first-order valence-corrected chi connectivity index (χ1v) is 7.70. The maximum absolute atomic E-state index is 3.47. The van der Waals surface area contributed by atoms with Crippen LogP contribution < -0.4 is 5.32 Å². The van der Waals surface area contributed by atoms with Gasteiger partial charge in [-0.3, -0.25) is 0 Å². The molecule has 2 aliphatic heterocycles. The van der Waals surface area contributed by atoms with E-state index >= 15 is 0 Å². The number of piperidine rings is 2. The number of rotatable bonds is 4. The Morgan fingerprint density at radius 1 is 1.06 bits per heavy atom. The van der Waals surface area contributed by atoms with E-state index in [9.17, 15) is 0 Å². The van der Waals surface area contributed by atoms with Crippen LogP contribution in [0.3, 0.4) is 0 Å². The molecular formula is C15H30N2. The summed E-state index contributed by atoms with van der Waals surface area (Å²) in [5.74, 6) is 2.01. The van der Waals surface area contributed by atoms with Crippen molar-refractivity contribution in [3.63, 3.8) is 0 Å². The molecule has 0 saturated carbocycles. The predicted octanol–water partition coefficient (Wildman–Crippen LogP) is 2.89. The van der Waals surface area contributed by atoms with Crippen molar-refractivity contribution in [3.05, 3.63) is 0 Å². The molecule has 2 saturated heterocycles. The van der Waals surface area contributed by atoms with Crippen LogP contribution in [0.25, 0.3) is 0 Å². The molecule has 0 aromatic carbocycles. The summed E-state index contributed by atoms with van der Waals surface area (Å²) < 4.78 is 0. The average molecular weight is 238 g/mol. The zero-order valence-electron chi connectivity index (χ0n) is 11.8. The molecule has 0 aromatic rings. The van der Waals surface area contributed by atoms with E-state index in [2.05, 4.69) is 24.1 Å². The van der Waals surface area contributed by atoms with E-state index in [0.717, 1.165) is 17.9 Å².